The van der Waals surface area contributed by atoms with E-state index in [1.54, 1.807) is 13.8 Å². The fourth-order valence-corrected chi connectivity index (χ4v) is 0.803. The summed E-state index contributed by atoms with van der Waals surface area (Å²) in [5.74, 6) is -1.99. The molecule has 1 fully saturated rings. The zero-order valence-electron chi connectivity index (χ0n) is 6.92. The second kappa shape index (κ2) is 3.59. The fraction of sp³-hybridized carbons (Fsp3) is 0.833. The van der Waals surface area contributed by atoms with Crippen molar-refractivity contribution < 1.29 is 38.2 Å². The van der Waals surface area contributed by atoms with Crippen molar-refractivity contribution in [3.05, 3.63) is 0 Å². The van der Waals surface area contributed by atoms with E-state index >= 15 is 0 Å². The van der Waals surface area contributed by atoms with E-state index in [0.717, 1.165) is 0 Å². The number of hydrogen-bond acceptors (Lipinski definition) is 4. The van der Waals surface area contributed by atoms with Crippen molar-refractivity contribution in [3.8, 4) is 0 Å². The third-order valence-electron chi connectivity index (χ3n) is 1.27. The maximum Gasteiger partial charge on any atom is 1.00 e. The second-order valence-electron chi connectivity index (χ2n) is 2.64. The fourth-order valence-electron chi connectivity index (χ4n) is 0.803. The Kier molecular flexibility index (Phi) is 3.59. The van der Waals surface area contributed by atoms with Crippen LogP contribution in [0.1, 0.15) is 13.8 Å². The molecule has 1 atom stereocenters. The van der Waals surface area contributed by atoms with Crippen molar-refractivity contribution in [2.24, 2.45) is 0 Å². The first-order valence-electron chi connectivity index (χ1n) is 3.04. The van der Waals surface area contributed by atoms with Gasteiger partial charge in [0.25, 0.3) is 0 Å². The van der Waals surface area contributed by atoms with Crippen molar-refractivity contribution in [1.82, 2.24) is 0 Å². The number of rotatable bonds is 1. The van der Waals surface area contributed by atoms with Crippen LogP contribution in [0.25, 0.3) is 0 Å². The molecule has 1 heterocycles. The van der Waals surface area contributed by atoms with Gasteiger partial charge in [-0.05, 0) is 13.8 Å². The minimum absolute atomic E-state index is 0. The van der Waals surface area contributed by atoms with Gasteiger partial charge in [0.15, 0.2) is 5.79 Å². The summed E-state index contributed by atoms with van der Waals surface area (Å²) >= 11 is 0. The molecule has 58 valence electrons. The van der Waals surface area contributed by atoms with Crippen molar-refractivity contribution in [2.45, 2.75) is 25.7 Å². The Morgan fingerprint density at radius 3 is 2.36 bits per heavy atom. The van der Waals surface area contributed by atoms with Crippen molar-refractivity contribution in [3.63, 3.8) is 0 Å². The van der Waals surface area contributed by atoms with Gasteiger partial charge in [-0.2, -0.15) is 0 Å². The first kappa shape index (κ1) is 11.0. The molecule has 1 unspecified atom stereocenters. The molecule has 1 aliphatic heterocycles. The molecule has 1 saturated heterocycles. The number of carbonyl (C=O) groups excluding carboxylic acids is 1. The van der Waals surface area contributed by atoms with E-state index in [1.165, 1.54) is 0 Å². The summed E-state index contributed by atoms with van der Waals surface area (Å²) < 4.78 is 9.90. The van der Waals surface area contributed by atoms with E-state index in [0.29, 0.717) is 0 Å². The molecule has 0 aromatic heterocycles. The molecular weight excluding hydrogens is 143 g/mol. The molecular formula is C6H9LiO4. The zero-order chi connectivity index (χ0) is 7.78. The van der Waals surface area contributed by atoms with Gasteiger partial charge in [0.1, 0.15) is 6.10 Å². The largest absolute Gasteiger partial charge is 1.00 e. The number of carboxylic acids is 1. The zero-order valence-corrected chi connectivity index (χ0v) is 6.92. The molecule has 4 nitrogen and oxygen atoms in total. The van der Waals surface area contributed by atoms with Gasteiger partial charge in [-0.1, -0.05) is 0 Å². The van der Waals surface area contributed by atoms with Gasteiger partial charge < -0.3 is 19.4 Å². The standard InChI is InChI=1S/C6H10O4.Li/c1-6(2)9-3-4(10-6)5(7)8;/h4H,3H2,1-2H3,(H,7,8);/q;+1/p-1. The van der Waals surface area contributed by atoms with Gasteiger partial charge in [-0.25, -0.2) is 0 Å². The molecule has 0 aromatic rings. The molecule has 0 radical (unpaired) electrons. The quantitative estimate of drug-likeness (QED) is 0.358. The molecule has 0 N–H and O–H groups in total. The molecule has 1 rings (SSSR count). The Bertz CT molecular complexity index is 157. The SMILES string of the molecule is CC1(C)OCC(C(=O)[O-])O1.[Li+]. The van der Waals surface area contributed by atoms with Crippen molar-refractivity contribution in [1.29, 1.82) is 0 Å². The second-order valence-corrected chi connectivity index (χ2v) is 2.64. The average molecular weight is 152 g/mol. The first-order valence-corrected chi connectivity index (χ1v) is 3.04. The summed E-state index contributed by atoms with van der Waals surface area (Å²) in [7, 11) is 0. The van der Waals surface area contributed by atoms with Gasteiger partial charge >= 0.3 is 18.9 Å². The number of aliphatic carboxylic acids is 1. The normalized spacial score (nSPS) is 27.6. The summed E-state index contributed by atoms with van der Waals surface area (Å²) in [4.78, 5) is 10.2. The number of ether oxygens (including phenoxy) is 2. The summed E-state index contributed by atoms with van der Waals surface area (Å²) in [6.45, 7) is 3.40. The number of hydrogen-bond donors (Lipinski definition) is 0. The van der Waals surface area contributed by atoms with Gasteiger partial charge in [0.2, 0.25) is 0 Å². The van der Waals surface area contributed by atoms with Crippen LogP contribution in [-0.4, -0.2) is 24.5 Å². The van der Waals surface area contributed by atoms with Crippen LogP contribution >= 0.6 is 0 Å². The van der Waals surface area contributed by atoms with Gasteiger partial charge in [0.05, 0.1) is 12.6 Å². The Morgan fingerprint density at radius 1 is 1.64 bits per heavy atom. The molecule has 5 heteroatoms. The molecule has 1 aliphatic rings. The molecule has 0 aromatic carbocycles. The topological polar surface area (TPSA) is 58.6 Å². The van der Waals surface area contributed by atoms with E-state index in [2.05, 4.69) is 0 Å². The van der Waals surface area contributed by atoms with Crippen LogP contribution in [0.3, 0.4) is 0 Å². The predicted octanol–water partition coefficient (Wildman–Crippen LogP) is -4.11. The van der Waals surface area contributed by atoms with Crippen LogP contribution in [-0.2, 0) is 14.3 Å². The monoisotopic (exact) mass is 152 g/mol. The Labute approximate surface area is 77.0 Å². The number of carbonyl (C=O) groups is 1. The van der Waals surface area contributed by atoms with E-state index in [9.17, 15) is 9.90 Å². The van der Waals surface area contributed by atoms with Crippen molar-refractivity contribution >= 4 is 5.97 Å². The summed E-state index contributed by atoms with van der Waals surface area (Å²) in [6, 6.07) is 0. The van der Waals surface area contributed by atoms with Crippen LogP contribution in [0.5, 0.6) is 0 Å². The molecule has 0 saturated carbocycles. The minimum atomic E-state index is -1.22. The smallest absolute Gasteiger partial charge is 0.547 e. The van der Waals surface area contributed by atoms with E-state index in [-0.39, 0.29) is 25.5 Å². The Morgan fingerprint density at radius 2 is 2.18 bits per heavy atom. The third kappa shape index (κ3) is 2.84. The maximum absolute atomic E-state index is 10.2. The van der Waals surface area contributed by atoms with Crippen LogP contribution in [0.15, 0.2) is 0 Å². The van der Waals surface area contributed by atoms with Crippen LogP contribution in [0.4, 0.5) is 0 Å². The van der Waals surface area contributed by atoms with E-state index in [4.69, 9.17) is 9.47 Å². The first-order chi connectivity index (χ1) is 4.51. The van der Waals surface area contributed by atoms with Crippen LogP contribution in [0, 0.1) is 0 Å². The molecule has 0 bridgehead atoms. The summed E-state index contributed by atoms with van der Waals surface area (Å²) in [6.07, 6.45) is -0.907. The minimum Gasteiger partial charge on any atom is -0.547 e. The predicted molar refractivity (Wildman–Crippen MR) is 29.9 cm³/mol. The van der Waals surface area contributed by atoms with E-state index < -0.39 is 17.9 Å². The van der Waals surface area contributed by atoms with Crippen molar-refractivity contribution in [2.75, 3.05) is 6.61 Å². The van der Waals surface area contributed by atoms with Gasteiger partial charge in [-0.15, -0.1) is 0 Å². The average Bonchev–Trinajstić information content (AvgIpc) is 2.10. The summed E-state index contributed by atoms with van der Waals surface area (Å²) in [5, 5.41) is 10.2. The molecule has 11 heavy (non-hydrogen) atoms. The third-order valence-corrected chi connectivity index (χ3v) is 1.27. The Balaban J connectivity index is 0.000001000. The van der Waals surface area contributed by atoms with E-state index in [1.807, 2.05) is 0 Å². The van der Waals surface area contributed by atoms with Gasteiger partial charge in [-0.3, -0.25) is 0 Å². The maximum atomic E-state index is 10.2. The Hall–Kier alpha value is -0.0126. The van der Waals surface area contributed by atoms with Crippen LogP contribution < -0.4 is 24.0 Å². The van der Waals surface area contributed by atoms with Gasteiger partial charge in [0, 0.05) is 0 Å². The molecule has 0 aliphatic carbocycles. The molecule has 0 spiro atoms. The molecule has 0 amide bonds. The summed E-state index contributed by atoms with van der Waals surface area (Å²) in [5.41, 5.74) is 0. The number of carboxylic acid groups (broad SMARTS) is 1. The van der Waals surface area contributed by atoms with Crippen LogP contribution in [0.2, 0.25) is 0 Å².